The lowest BCUT2D eigenvalue weighted by atomic mass is 9.46. The lowest BCUT2D eigenvalue weighted by molar-refractivity contribution is -0.136. The molecule has 4 atom stereocenters. The summed E-state index contributed by atoms with van der Waals surface area (Å²) in [5.41, 5.74) is 2.30. The number of allylic oxidation sites excluding steroid dienone is 2. The fraction of sp³-hybridized carbons (Fsp3) is 0.714. The molecule has 3 nitrogen and oxygen atoms in total. The van der Waals surface area contributed by atoms with E-state index in [4.69, 9.17) is 4.74 Å². The van der Waals surface area contributed by atoms with Crippen LogP contribution in [0.4, 0.5) is 0 Å². The zero-order valence-electron chi connectivity index (χ0n) is 15.5. The maximum atomic E-state index is 12.3. The lowest BCUT2D eigenvalue weighted by Gasteiger charge is -2.58. The average Bonchev–Trinajstić information content (AvgIpc) is 2.94. The monoisotopic (exact) mass is 330 g/mol. The highest BCUT2D eigenvalue weighted by Crippen LogP contribution is 2.62. The minimum atomic E-state index is -0.152. The molecule has 0 aromatic rings. The van der Waals surface area contributed by atoms with Crippen molar-refractivity contribution in [1.29, 1.82) is 0 Å². The van der Waals surface area contributed by atoms with Gasteiger partial charge >= 0.3 is 5.97 Å². The molecule has 1 fully saturated rings. The average molecular weight is 330 g/mol. The standard InChI is InChI=1S/C21H30O3/c1-5-16-7-10-20(3)14(2)12-17(22)13-18(20)21(16,4)9-6-15-8-11-24-19(15)23/h8,12,16,18H,5-7,9-11,13H2,1-4H3/t16?,18-,20-,21-/m1/s1. The molecule has 3 aliphatic rings. The number of carbonyl (C=O) groups excluding carboxylic acids is 2. The van der Waals surface area contributed by atoms with E-state index in [2.05, 4.69) is 27.7 Å². The number of cyclic esters (lactones) is 1. The van der Waals surface area contributed by atoms with Gasteiger partial charge in [-0.3, -0.25) is 4.79 Å². The van der Waals surface area contributed by atoms with Gasteiger partial charge < -0.3 is 4.74 Å². The number of ketones is 1. The van der Waals surface area contributed by atoms with Gasteiger partial charge in [0.2, 0.25) is 0 Å². The van der Waals surface area contributed by atoms with Crippen molar-refractivity contribution in [3.8, 4) is 0 Å². The Morgan fingerprint density at radius 2 is 2.04 bits per heavy atom. The van der Waals surface area contributed by atoms with Gasteiger partial charge in [0.05, 0.1) is 0 Å². The Bertz CT molecular complexity index is 615. The Labute approximate surface area is 145 Å². The zero-order chi connectivity index (χ0) is 17.5. The van der Waals surface area contributed by atoms with Crippen molar-refractivity contribution in [2.24, 2.45) is 22.7 Å². The van der Waals surface area contributed by atoms with Gasteiger partial charge in [0.15, 0.2) is 5.78 Å². The fourth-order valence-corrected chi connectivity index (χ4v) is 5.64. The van der Waals surface area contributed by atoms with Gasteiger partial charge in [0.25, 0.3) is 0 Å². The largest absolute Gasteiger partial charge is 0.458 e. The summed E-state index contributed by atoms with van der Waals surface area (Å²) in [6, 6.07) is 0. The van der Waals surface area contributed by atoms with Crippen LogP contribution in [-0.4, -0.2) is 18.4 Å². The molecular formula is C21H30O3. The Hall–Kier alpha value is -1.38. The topological polar surface area (TPSA) is 43.4 Å². The number of ether oxygens (including phenoxy) is 1. The number of esters is 1. The van der Waals surface area contributed by atoms with Crippen LogP contribution in [0.5, 0.6) is 0 Å². The predicted molar refractivity (Wildman–Crippen MR) is 94.4 cm³/mol. The van der Waals surface area contributed by atoms with Crippen molar-refractivity contribution in [3.05, 3.63) is 23.3 Å². The normalized spacial score (nSPS) is 39.2. The van der Waals surface area contributed by atoms with E-state index in [1.165, 1.54) is 18.4 Å². The van der Waals surface area contributed by atoms with Gasteiger partial charge in [0, 0.05) is 12.0 Å². The molecular weight excluding hydrogens is 300 g/mol. The molecule has 24 heavy (non-hydrogen) atoms. The van der Waals surface area contributed by atoms with E-state index >= 15 is 0 Å². The van der Waals surface area contributed by atoms with Crippen molar-refractivity contribution < 1.29 is 14.3 Å². The first-order valence-electron chi connectivity index (χ1n) is 9.39. The first kappa shape index (κ1) is 17.4. The van der Waals surface area contributed by atoms with E-state index in [9.17, 15) is 9.59 Å². The van der Waals surface area contributed by atoms with Crippen LogP contribution in [0.25, 0.3) is 0 Å². The molecule has 0 aromatic heterocycles. The van der Waals surface area contributed by atoms with Crippen molar-refractivity contribution in [2.75, 3.05) is 6.61 Å². The van der Waals surface area contributed by atoms with Gasteiger partial charge in [-0.2, -0.15) is 0 Å². The Balaban J connectivity index is 1.90. The molecule has 2 aliphatic carbocycles. The Morgan fingerprint density at radius 1 is 1.29 bits per heavy atom. The van der Waals surface area contributed by atoms with Crippen molar-refractivity contribution in [3.63, 3.8) is 0 Å². The van der Waals surface area contributed by atoms with Crippen molar-refractivity contribution >= 4 is 11.8 Å². The Morgan fingerprint density at radius 3 is 2.67 bits per heavy atom. The summed E-state index contributed by atoms with van der Waals surface area (Å²) < 4.78 is 5.06. The van der Waals surface area contributed by atoms with Crippen LogP contribution < -0.4 is 0 Å². The molecule has 1 saturated carbocycles. The van der Waals surface area contributed by atoms with E-state index in [0.29, 0.717) is 24.9 Å². The molecule has 3 rings (SSSR count). The van der Waals surface area contributed by atoms with Crippen LogP contribution in [0.15, 0.2) is 23.3 Å². The first-order valence-corrected chi connectivity index (χ1v) is 9.39. The third kappa shape index (κ3) is 2.66. The number of hydrogen-bond acceptors (Lipinski definition) is 3. The van der Waals surface area contributed by atoms with Gasteiger partial charge in [-0.1, -0.05) is 32.8 Å². The van der Waals surface area contributed by atoms with E-state index in [1.807, 2.05) is 12.2 Å². The van der Waals surface area contributed by atoms with Crippen LogP contribution in [0.2, 0.25) is 0 Å². The maximum Gasteiger partial charge on any atom is 0.334 e. The second kappa shape index (κ2) is 6.16. The molecule has 0 N–H and O–H groups in total. The molecule has 1 unspecified atom stereocenters. The highest BCUT2D eigenvalue weighted by molar-refractivity contribution is 5.92. The van der Waals surface area contributed by atoms with Gasteiger partial charge in [-0.25, -0.2) is 4.79 Å². The van der Waals surface area contributed by atoms with Gasteiger partial charge in [0.1, 0.15) is 6.61 Å². The number of carbonyl (C=O) groups is 2. The first-order chi connectivity index (χ1) is 11.3. The molecule has 0 spiro atoms. The molecule has 0 bridgehead atoms. The summed E-state index contributed by atoms with van der Waals surface area (Å²) in [6.45, 7) is 9.54. The van der Waals surface area contributed by atoms with Gasteiger partial charge in [-0.15, -0.1) is 0 Å². The summed E-state index contributed by atoms with van der Waals surface area (Å²) in [7, 11) is 0. The highest BCUT2D eigenvalue weighted by Gasteiger charge is 2.55. The zero-order valence-corrected chi connectivity index (χ0v) is 15.5. The second-order valence-electron chi connectivity index (χ2n) is 8.45. The minimum absolute atomic E-state index is 0.0939. The van der Waals surface area contributed by atoms with E-state index in [-0.39, 0.29) is 22.6 Å². The molecule has 132 valence electrons. The highest BCUT2D eigenvalue weighted by atomic mass is 16.5. The van der Waals surface area contributed by atoms with Crippen LogP contribution in [0.3, 0.4) is 0 Å². The minimum Gasteiger partial charge on any atom is -0.458 e. The summed E-state index contributed by atoms with van der Waals surface area (Å²) in [6.07, 6.45) is 9.72. The second-order valence-corrected chi connectivity index (χ2v) is 8.45. The van der Waals surface area contributed by atoms with Crippen molar-refractivity contribution in [1.82, 2.24) is 0 Å². The third-order valence-corrected chi connectivity index (χ3v) is 7.43. The molecule has 1 heterocycles. The summed E-state index contributed by atoms with van der Waals surface area (Å²) in [5.74, 6) is 1.12. The van der Waals surface area contributed by atoms with Crippen LogP contribution >= 0.6 is 0 Å². The fourth-order valence-electron chi connectivity index (χ4n) is 5.64. The molecule has 0 aromatic carbocycles. The summed E-state index contributed by atoms with van der Waals surface area (Å²) >= 11 is 0. The van der Waals surface area contributed by atoms with E-state index in [1.54, 1.807) is 0 Å². The number of fused-ring (bicyclic) bond motifs is 1. The summed E-state index contributed by atoms with van der Waals surface area (Å²) in [5, 5.41) is 0. The lowest BCUT2D eigenvalue weighted by Crippen LogP contribution is -2.51. The van der Waals surface area contributed by atoms with Gasteiger partial charge in [-0.05, 0) is 67.4 Å². The van der Waals surface area contributed by atoms with Crippen LogP contribution in [0.1, 0.15) is 66.2 Å². The van der Waals surface area contributed by atoms with Crippen molar-refractivity contribution in [2.45, 2.75) is 66.2 Å². The third-order valence-electron chi connectivity index (χ3n) is 7.43. The van der Waals surface area contributed by atoms with Crippen LogP contribution in [0, 0.1) is 22.7 Å². The van der Waals surface area contributed by atoms with Crippen LogP contribution in [-0.2, 0) is 14.3 Å². The van der Waals surface area contributed by atoms with E-state index in [0.717, 1.165) is 24.8 Å². The molecule has 0 saturated heterocycles. The predicted octanol–water partition coefficient (Wildman–Crippen LogP) is 4.62. The number of hydrogen-bond donors (Lipinski definition) is 0. The molecule has 1 aliphatic heterocycles. The molecule has 0 radical (unpaired) electrons. The smallest absolute Gasteiger partial charge is 0.334 e. The maximum absolute atomic E-state index is 12.3. The molecule has 0 amide bonds. The Kier molecular flexibility index (Phi) is 4.48. The quantitative estimate of drug-likeness (QED) is 0.707. The molecule has 3 heteroatoms. The number of rotatable bonds is 4. The SMILES string of the molecule is CCC1CC[C@]2(C)C(C)=CC(=O)C[C@H]2[C@]1(C)CCC1=CCOC1=O. The van der Waals surface area contributed by atoms with E-state index < -0.39 is 0 Å². The summed E-state index contributed by atoms with van der Waals surface area (Å²) in [4.78, 5) is 24.1.